The molecule has 2 amide bonds. The molecule has 0 radical (unpaired) electrons. The van der Waals surface area contributed by atoms with E-state index in [4.69, 9.17) is 5.26 Å². The first kappa shape index (κ1) is 18.5. The van der Waals surface area contributed by atoms with Crippen molar-refractivity contribution in [1.82, 2.24) is 10.6 Å². The number of hydrogen-bond donors (Lipinski definition) is 2. The second-order valence-electron chi connectivity index (χ2n) is 5.65. The molecule has 6 nitrogen and oxygen atoms in total. The Kier molecular flexibility index (Phi) is 7.07. The van der Waals surface area contributed by atoms with E-state index in [1.54, 1.807) is 12.1 Å². The topological polar surface area (TPSA) is 85.2 Å². The molecule has 1 aromatic carbocycles. The van der Waals surface area contributed by atoms with Gasteiger partial charge in [-0.05, 0) is 30.2 Å². The molecule has 2 atom stereocenters. The van der Waals surface area contributed by atoms with E-state index in [1.165, 1.54) is 0 Å². The molecule has 124 valence electrons. The fourth-order valence-corrected chi connectivity index (χ4v) is 2.07. The first-order valence-corrected chi connectivity index (χ1v) is 7.63. The maximum absolute atomic E-state index is 12.4. The van der Waals surface area contributed by atoms with Crippen LogP contribution in [-0.2, 0) is 4.79 Å². The lowest BCUT2D eigenvalue weighted by Gasteiger charge is -2.23. The van der Waals surface area contributed by atoms with Crippen LogP contribution in [0.3, 0.4) is 0 Å². The standard InChI is InChI=1S/C17H24N4O2/c1-5-12(2)15(17(23)19-11-10-18)20-16(22)13-6-8-14(9-7-13)21(3)4/h6-9,12,15H,5,11H2,1-4H3,(H,19,23)(H,20,22)/t12-,15-/m0/s1. The molecule has 0 aliphatic heterocycles. The number of amides is 2. The van der Waals surface area contributed by atoms with E-state index in [9.17, 15) is 9.59 Å². The zero-order valence-electron chi connectivity index (χ0n) is 14.1. The Morgan fingerprint density at radius 3 is 2.35 bits per heavy atom. The molecule has 0 saturated carbocycles. The molecule has 1 rings (SSSR count). The van der Waals surface area contributed by atoms with E-state index in [0.717, 1.165) is 12.1 Å². The SMILES string of the molecule is CC[C@H](C)[C@H](NC(=O)c1ccc(N(C)C)cc1)C(=O)NCC#N. The number of anilines is 1. The molecular formula is C17H24N4O2. The summed E-state index contributed by atoms with van der Waals surface area (Å²) < 4.78 is 0. The summed E-state index contributed by atoms with van der Waals surface area (Å²) in [7, 11) is 3.85. The van der Waals surface area contributed by atoms with Crippen LogP contribution in [0.15, 0.2) is 24.3 Å². The average molecular weight is 316 g/mol. The fourth-order valence-electron chi connectivity index (χ4n) is 2.07. The predicted octanol–water partition coefficient (Wildman–Crippen LogP) is 1.54. The van der Waals surface area contributed by atoms with Gasteiger partial charge in [-0.1, -0.05) is 20.3 Å². The van der Waals surface area contributed by atoms with Gasteiger partial charge in [-0.15, -0.1) is 0 Å². The molecule has 0 unspecified atom stereocenters. The number of carbonyl (C=O) groups excluding carboxylic acids is 2. The number of hydrogen-bond acceptors (Lipinski definition) is 4. The van der Waals surface area contributed by atoms with Gasteiger partial charge in [-0.25, -0.2) is 0 Å². The monoisotopic (exact) mass is 316 g/mol. The highest BCUT2D eigenvalue weighted by atomic mass is 16.2. The van der Waals surface area contributed by atoms with Crippen LogP contribution in [0.4, 0.5) is 5.69 Å². The molecule has 0 aliphatic rings. The van der Waals surface area contributed by atoms with Gasteiger partial charge in [-0.2, -0.15) is 5.26 Å². The molecule has 0 heterocycles. The third-order valence-electron chi connectivity index (χ3n) is 3.77. The van der Waals surface area contributed by atoms with E-state index < -0.39 is 6.04 Å². The van der Waals surface area contributed by atoms with Crippen molar-refractivity contribution in [3.63, 3.8) is 0 Å². The van der Waals surface area contributed by atoms with Gasteiger partial charge < -0.3 is 15.5 Å². The van der Waals surface area contributed by atoms with Gasteiger partial charge in [0.05, 0.1) is 6.07 Å². The highest BCUT2D eigenvalue weighted by Gasteiger charge is 2.26. The third kappa shape index (κ3) is 5.29. The van der Waals surface area contributed by atoms with Gasteiger partial charge in [-0.3, -0.25) is 9.59 Å². The van der Waals surface area contributed by atoms with Crippen LogP contribution in [0, 0.1) is 17.2 Å². The number of nitrogens with zero attached hydrogens (tertiary/aromatic N) is 2. The van der Waals surface area contributed by atoms with Gasteiger partial charge in [0.25, 0.3) is 5.91 Å². The predicted molar refractivity (Wildman–Crippen MR) is 90.1 cm³/mol. The van der Waals surface area contributed by atoms with Crippen molar-refractivity contribution in [2.45, 2.75) is 26.3 Å². The second-order valence-corrected chi connectivity index (χ2v) is 5.65. The largest absolute Gasteiger partial charge is 0.378 e. The van der Waals surface area contributed by atoms with E-state index in [2.05, 4.69) is 10.6 Å². The van der Waals surface area contributed by atoms with Crippen LogP contribution < -0.4 is 15.5 Å². The molecule has 0 aromatic heterocycles. The van der Waals surface area contributed by atoms with E-state index in [-0.39, 0.29) is 24.3 Å². The van der Waals surface area contributed by atoms with Crippen molar-refractivity contribution in [3.05, 3.63) is 29.8 Å². The highest BCUT2D eigenvalue weighted by molar-refractivity contribution is 5.97. The second kappa shape index (κ2) is 8.79. The Morgan fingerprint density at radius 2 is 1.87 bits per heavy atom. The Balaban J connectivity index is 2.84. The maximum atomic E-state index is 12.4. The van der Waals surface area contributed by atoms with Crippen molar-refractivity contribution in [2.24, 2.45) is 5.92 Å². The van der Waals surface area contributed by atoms with Gasteiger partial charge in [0.1, 0.15) is 12.6 Å². The van der Waals surface area contributed by atoms with Gasteiger partial charge in [0.15, 0.2) is 0 Å². The first-order valence-electron chi connectivity index (χ1n) is 7.63. The first-order chi connectivity index (χ1) is 10.9. The Morgan fingerprint density at radius 1 is 1.26 bits per heavy atom. The molecule has 1 aromatic rings. The van der Waals surface area contributed by atoms with E-state index in [0.29, 0.717) is 5.56 Å². The number of benzene rings is 1. The summed E-state index contributed by atoms with van der Waals surface area (Å²) in [5.41, 5.74) is 1.49. The summed E-state index contributed by atoms with van der Waals surface area (Å²) in [4.78, 5) is 26.4. The normalized spacial score (nSPS) is 12.7. The summed E-state index contributed by atoms with van der Waals surface area (Å²) in [6, 6.07) is 8.36. The minimum atomic E-state index is -0.658. The number of carbonyl (C=O) groups is 2. The summed E-state index contributed by atoms with van der Waals surface area (Å²) in [6.07, 6.45) is 0.741. The minimum Gasteiger partial charge on any atom is -0.378 e. The fraction of sp³-hybridized carbons (Fsp3) is 0.471. The minimum absolute atomic E-state index is 0.0290. The lowest BCUT2D eigenvalue weighted by molar-refractivity contribution is -0.123. The highest BCUT2D eigenvalue weighted by Crippen LogP contribution is 2.13. The lowest BCUT2D eigenvalue weighted by atomic mass is 9.98. The number of nitrogens with one attached hydrogen (secondary N) is 2. The van der Waals surface area contributed by atoms with Gasteiger partial charge in [0.2, 0.25) is 5.91 Å². The summed E-state index contributed by atoms with van der Waals surface area (Å²) in [5.74, 6) is -0.662. The van der Waals surface area contributed by atoms with Crippen molar-refractivity contribution >= 4 is 17.5 Å². The van der Waals surface area contributed by atoms with Crippen LogP contribution in [0.2, 0.25) is 0 Å². The van der Waals surface area contributed by atoms with Crippen molar-refractivity contribution in [3.8, 4) is 6.07 Å². The molecule has 0 saturated heterocycles. The van der Waals surface area contributed by atoms with Crippen molar-refractivity contribution in [2.75, 3.05) is 25.5 Å². The van der Waals surface area contributed by atoms with Gasteiger partial charge >= 0.3 is 0 Å². The molecule has 2 N–H and O–H groups in total. The molecule has 23 heavy (non-hydrogen) atoms. The van der Waals surface area contributed by atoms with Crippen LogP contribution in [-0.4, -0.2) is 38.5 Å². The van der Waals surface area contributed by atoms with Crippen LogP contribution in [0.5, 0.6) is 0 Å². The third-order valence-corrected chi connectivity index (χ3v) is 3.77. The Bertz CT molecular complexity index is 575. The summed E-state index contributed by atoms with van der Waals surface area (Å²) in [5, 5.41) is 13.8. The molecule has 0 fully saturated rings. The van der Waals surface area contributed by atoms with E-state index in [1.807, 2.05) is 51.0 Å². The zero-order valence-corrected chi connectivity index (χ0v) is 14.1. The number of nitriles is 1. The van der Waals surface area contributed by atoms with Gasteiger partial charge in [0, 0.05) is 25.3 Å². The molecular weight excluding hydrogens is 292 g/mol. The van der Waals surface area contributed by atoms with Crippen molar-refractivity contribution < 1.29 is 9.59 Å². The summed E-state index contributed by atoms with van der Waals surface area (Å²) in [6.45, 7) is 3.78. The Labute approximate surface area is 137 Å². The smallest absolute Gasteiger partial charge is 0.251 e. The zero-order chi connectivity index (χ0) is 17.4. The quantitative estimate of drug-likeness (QED) is 0.747. The van der Waals surface area contributed by atoms with Crippen LogP contribution >= 0.6 is 0 Å². The molecule has 0 aliphatic carbocycles. The Hall–Kier alpha value is -2.55. The molecule has 0 bridgehead atoms. The van der Waals surface area contributed by atoms with Crippen molar-refractivity contribution in [1.29, 1.82) is 5.26 Å². The maximum Gasteiger partial charge on any atom is 0.251 e. The lowest BCUT2D eigenvalue weighted by Crippen LogP contribution is -2.50. The molecule has 0 spiro atoms. The van der Waals surface area contributed by atoms with Crippen LogP contribution in [0.25, 0.3) is 0 Å². The average Bonchev–Trinajstić information content (AvgIpc) is 2.56. The van der Waals surface area contributed by atoms with Crippen LogP contribution in [0.1, 0.15) is 30.6 Å². The number of rotatable bonds is 7. The molecule has 6 heteroatoms. The van der Waals surface area contributed by atoms with E-state index >= 15 is 0 Å². The summed E-state index contributed by atoms with van der Waals surface area (Å²) >= 11 is 0.